The van der Waals surface area contributed by atoms with Gasteiger partial charge in [0.05, 0.1) is 23.2 Å². The molecule has 0 aromatic heterocycles. The second-order valence-corrected chi connectivity index (χ2v) is 8.94. The molecule has 0 unspecified atom stereocenters. The molecule has 32 heavy (non-hydrogen) atoms. The Morgan fingerprint density at radius 2 is 1.69 bits per heavy atom. The highest BCUT2D eigenvalue weighted by Crippen LogP contribution is 2.32. The quantitative estimate of drug-likeness (QED) is 0.463. The van der Waals surface area contributed by atoms with Gasteiger partial charge in [-0.2, -0.15) is 4.72 Å². The van der Waals surface area contributed by atoms with Crippen molar-refractivity contribution < 1.29 is 22.7 Å². The number of ether oxygens (including phenoxy) is 2. The van der Waals surface area contributed by atoms with E-state index in [1.165, 1.54) is 25.1 Å². The van der Waals surface area contributed by atoms with Gasteiger partial charge in [0, 0.05) is 5.02 Å². The van der Waals surface area contributed by atoms with Crippen LogP contribution in [-0.4, -0.2) is 27.0 Å². The Labute approximate surface area is 192 Å². The number of hydrogen-bond donors (Lipinski definition) is 2. The molecule has 0 spiro atoms. The Morgan fingerprint density at radius 1 is 1.00 bits per heavy atom. The summed E-state index contributed by atoms with van der Waals surface area (Å²) in [6, 6.07) is 18.7. The fraction of sp³-hybridized carbons (Fsp3) is 0.174. The van der Waals surface area contributed by atoms with Gasteiger partial charge in [-0.25, -0.2) is 8.42 Å². The zero-order chi connectivity index (χ0) is 23.1. The standard InChI is InChI=1S/C23H23ClN2O5S/c1-3-30-18-10-12-20(13-11-18)32(28,29)26-16(2)23(27)25-21-15-17(24)9-14-22(21)31-19-7-5-4-6-8-19/h4-16,26H,3H2,1-2H3,(H,25,27)/t16-/m1/s1. The van der Waals surface area contributed by atoms with Crippen molar-refractivity contribution in [2.45, 2.75) is 24.8 Å². The van der Waals surface area contributed by atoms with Crippen molar-refractivity contribution in [1.29, 1.82) is 0 Å². The predicted octanol–water partition coefficient (Wildman–Crippen LogP) is 4.84. The smallest absolute Gasteiger partial charge is 0.242 e. The molecule has 3 rings (SSSR count). The van der Waals surface area contributed by atoms with E-state index in [-0.39, 0.29) is 4.90 Å². The highest BCUT2D eigenvalue weighted by molar-refractivity contribution is 7.89. The maximum atomic E-state index is 12.7. The van der Waals surface area contributed by atoms with Crippen LogP contribution in [0.25, 0.3) is 0 Å². The summed E-state index contributed by atoms with van der Waals surface area (Å²) in [5.74, 6) is 0.939. The number of halogens is 1. The second-order valence-electron chi connectivity index (χ2n) is 6.79. The Kier molecular flexibility index (Phi) is 7.74. The Bertz CT molecular complexity index is 1170. The monoisotopic (exact) mass is 474 g/mol. The van der Waals surface area contributed by atoms with Gasteiger partial charge in [0.25, 0.3) is 0 Å². The summed E-state index contributed by atoms with van der Waals surface area (Å²) in [6.45, 7) is 3.76. The van der Waals surface area contributed by atoms with Crippen molar-refractivity contribution in [1.82, 2.24) is 4.72 Å². The maximum absolute atomic E-state index is 12.7. The van der Waals surface area contributed by atoms with E-state index < -0.39 is 22.0 Å². The average Bonchev–Trinajstić information content (AvgIpc) is 2.76. The lowest BCUT2D eigenvalue weighted by atomic mass is 10.2. The van der Waals surface area contributed by atoms with E-state index in [0.717, 1.165) is 0 Å². The number of rotatable bonds is 9. The Balaban J connectivity index is 1.72. The van der Waals surface area contributed by atoms with Crippen LogP contribution in [0.15, 0.2) is 77.7 Å². The minimum absolute atomic E-state index is 0.0245. The lowest BCUT2D eigenvalue weighted by Gasteiger charge is -2.17. The van der Waals surface area contributed by atoms with Crippen LogP contribution in [0.2, 0.25) is 5.02 Å². The third-order valence-corrected chi connectivity index (χ3v) is 6.13. The van der Waals surface area contributed by atoms with Gasteiger partial charge >= 0.3 is 0 Å². The van der Waals surface area contributed by atoms with Crippen molar-refractivity contribution in [3.63, 3.8) is 0 Å². The molecule has 3 aromatic carbocycles. The van der Waals surface area contributed by atoms with Gasteiger partial charge in [-0.05, 0) is 68.4 Å². The first-order valence-electron chi connectivity index (χ1n) is 9.87. The fourth-order valence-electron chi connectivity index (χ4n) is 2.78. The molecular weight excluding hydrogens is 452 g/mol. The summed E-state index contributed by atoms with van der Waals surface area (Å²) in [6.07, 6.45) is 0. The van der Waals surface area contributed by atoms with E-state index in [4.69, 9.17) is 21.1 Å². The van der Waals surface area contributed by atoms with Gasteiger partial charge < -0.3 is 14.8 Å². The minimum atomic E-state index is -3.92. The van der Waals surface area contributed by atoms with Crippen LogP contribution in [-0.2, 0) is 14.8 Å². The first kappa shape index (κ1) is 23.6. The largest absolute Gasteiger partial charge is 0.494 e. The van der Waals surface area contributed by atoms with Crippen LogP contribution in [0.4, 0.5) is 5.69 Å². The number of nitrogens with one attached hydrogen (secondary N) is 2. The van der Waals surface area contributed by atoms with E-state index in [9.17, 15) is 13.2 Å². The van der Waals surface area contributed by atoms with Gasteiger partial charge in [-0.15, -0.1) is 0 Å². The summed E-state index contributed by atoms with van der Waals surface area (Å²) >= 11 is 6.08. The summed E-state index contributed by atoms with van der Waals surface area (Å²) < 4.78 is 38.8. The van der Waals surface area contributed by atoms with Gasteiger partial charge in [0.2, 0.25) is 15.9 Å². The molecule has 3 aromatic rings. The van der Waals surface area contributed by atoms with Gasteiger partial charge in [0.15, 0.2) is 5.75 Å². The highest BCUT2D eigenvalue weighted by atomic mass is 35.5. The van der Waals surface area contributed by atoms with E-state index in [1.54, 1.807) is 36.4 Å². The summed E-state index contributed by atoms with van der Waals surface area (Å²) in [5.41, 5.74) is 0.318. The molecule has 0 aliphatic carbocycles. The number of carbonyl (C=O) groups is 1. The van der Waals surface area contributed by atoms with Gasteiger partial charge in [-0.3, -0.25) is 4.79 Å². The molecule has 0 radical (unpaired) electrons. The van der Waals surface area contributed by atoms with Crippen LogP contribution in [0.1, 0.15) is 13.8 Å². The third kappa shape index (κ3) is 6.23. The molecule has 0 heterocycles. The molecule has 0 saturated heterocycles. The number of para-hydroxylation sites is 1. The fourth-order valence-corrected chi connectivity index (χ4v) is 4.16. The van der Waals surface area contributed by atoms with Crippen LogP contribution in [0.5, 0.6) is 17.2 Å². The SMILES string of the molecule is CCOc1ccc(S(=O)(=O)N[C@H](C)C(=O)Nc2cc(Cl)ccc2Oc2ccccc2)cc1. The van der Waals surface area contributed by atoms with Crippen molar-refractivity contribution in [2.75, 3.05) is 11.9 Å². The van der Waals surface area contributed by atoms with Crippen LogP contribution in [0.3, 0.4) is 0 Å². The zero-order valence-electron chi connectivity index (χ0n) is 17.5. The number of hydrogen-bond acceptors (Lipinski definition) is 5. The Morgan fingerprint density at radius 3 is 2.34 bits per heavy atom. The first-order valence-corrected chi connectivity index (χ1v) is 11.7. The molecule has 2 N–H and O–H groups in total. The minimum Gasteiger partial charge on any atom is -0.494 e. The lowest BCUT2D eigenvalue weighted by molar-refractivity contribution is -0.117. The molecule has 0 aliphatic heterocycles. The van der Waals surface area contributed by atoms with Crippen LogP contribution >= 0.6 is 11.6 Å². The normalized spacial score (nSPS) is 12.1. The second kappa shape index (κ2) is 10.5. The maximum Gasteiger partial charge on any atom is 0.242 e. The van der Waals surface area contributed by atoms with E-state index in [1.807, 2.05) is 25.1 Å². The lowest BCUT2D eigenvalue weighted by Crippen LogP contribution is -2.41. The van der Waals surface area contributed by atoms with Crippen LogP contribution < -0.4 is 19.5 Å². The average molecular weight is 475 g/mol. The van der Waals surface area contributed by atoms with E-state index >= 15 is 0 Å². The molecule has 1 amide bonds. The highest BCUT2D eigenvalue weighted by Gasteiger charge is 2.23. The van der Waals surface area contributed by atoms with Crippen molar-refractivity contribution in [2.24, 2.45) is 0 Å². The topological polar surface area (TPSA) is 93.7 Å². The number of sulfonamides is 1. The number of benzene rings is 3. The molecule has 0 aliphatic rings. The van der Waals surface area contributed by atoms with Crippen LogP contribution in [0, 0.1) is 0 Å². The molecule has 168 valence electrons. The van der Waals surface area contributed by atoms with Crippen molar-refractivity contribution in [3.8, 4) is 17.2 Å². The summed E-state index contributed by atoms with van der Waals surface area (Å²) in [5, 5.41) is 3.07. The Hall–Kier alpha value is -3.07. The van der Waals surface area contributed by atoms with Gasteiger partial charge in [0.1, 0.15) is 11.5 Å². The number of carbonyl (C=O) groups excluding carboxylic acids is 1. The van der Waals surface area contributed by atoms with E-state index in [0.29, 0.717) is 34.6 Å². The van der Waals surface area contributed by atoms with Crippen molar-refractivity contribution >= 4 is 33.2 Å². The summed E-state index contributed by atoms with van der Waals surface area (Å²) in [7, 11) is -3.92. The zero-order valence-corrected chi connectivity index (χ0v) is 19.1. The van der Waals surface area contributed by atoms with Crippen molar-refractivity contribution in [3.05, 3.63) is 77.8 Å². The first-order chi connectivity index (χ1) is 15.3. The predicted molar refractivity (Wildman–Crippen MR) is 124 cm³/mol. The number of anilines is 1. The molecular formula is C23H23ClN2O5S. The molecule has 7 nitrogen and oxygen atoms in total. The molecule has 1 atom stereocenters. The van der Waals surface area contributed by atoms with E-state index in [2.05, 4.69) is 10.0 Å². The molecule has 0 bridgehead atoms. The summed E-state index contributed by atoms with van der Waals surface area (Å²) in [4.78, 5) is 12.7. The molecule has 0 fully saturated rings. The van der Waals surface area contributed by atoms with Gasteiger partial charge in [-0.1, -0.05) is 29.8 Å². The number of amides is 1. The molecule has 9 heteroatoms. The third-order valence-electron chi connectivity index (χ3n) is 4.34. The molecule has 0 saturated carbocycles.